The summed E-state index contributed by atoms with van der Waals surface area (Å²) < 4.78 is 11.4. The van der Waals surface area contributed by atoms with Gasteiger partial charge >= 0.3 is 0 Å². The van der Waals surface area contributed by atoms with Crippen LogP contribution in [0.4, 0.5) is 0 Å². The van der Waals surface area contributed by atoms with Crippen molar-refractivity contribution in [1.29, 1.82) is 0 Å². The SMILES string of the molecule is COc1nc2c(cc1C(=O)N1CC3c4ccccc4OCC3(CO)C1)CCC2. The second-order valence-corrected chi connectivity index (χ2v) is 8.09. The van der Waals surface area contributed by atoms with Crippen molar-refractivity contribution in [3.05, 3.63) is 52.7 Å². The second kappa shape index (κ2) is 6.48. The first kappa shape index (κ1) is 17.5. The molecule has 0 saturated carbocycles. The van der Waals surface area contributed by atoms with Gasteiger partial charge < -0.3 is 19.5 Å². The van der Waals surface area contributed by atoms with Gasteiger partial charge in [-0.3, -0.25) is 4.79 Å². The fourth-order valence-corrected chi connectivity index (χ4v) is 4.96. The molecule has 1 fully saturated rings. The molecular formula is C22H24N2O4. The van der Waals surface area contributed by atoms with E-state index in [0.717, 1.165) is 41.8 Å². The van der Waals surface area contributed by atoms with E-state index in [1.807, 2.05) is 35.2 Å². The van der Waals surface area contributed by atoms with E-state index in [4.69, 9.17) is 9.47 Å². The summed E-state index contributed by atoms with van der Waals surface area (Å²) in [5.74, 6) is 1.22. The van der Waals surface area contributed by atoms with E-state index < -0.39 is 5.41 Å². The Morgan fingerprint density at radius 3 is 3.07 bits per heavy atom. The maximum absolute atomic E-state index is 13.4. The van der Waals surface area contributed by atoms with E-state index in [1.54, 1.807) is 7.11 Å². The average molecular weight is 380 g/mol. The number of hydrogen-bond donors (Lipinski definition) is 1. The van der Waals surface area contributed by atoms with Crippen LogP contribution in [-0.4, -0.2) is 54.3 Å². The molecule has 1 N–H and O–H groups in total. The minimum atomic E-state index is -0.471. The van der Waals surface area contributed by atoms with Gasteiger partial charge in [0.1, 0.15) is 11.3 Å². The van der Waals surface area contributed by atoms with Crippen LogP contribution in [0.1, 0.15) is 39.5 Å². The van der Waals surface area contributed by atoms with Gasteiger partial charge in [0, 0.05) is 24.7 Å². The third-order valence-corrected chi connectivity index (χ3v) is 6.50. The number of nitrogens with zero attached hydrogens (tertiary/aromatic N) is 2. The number of amides is 1. The number of ether oxygens (including phenoxy) is 2. The highest BCUT2D eigenvalue weighted by Gasteiger charge is 2.52. The molecule has 1 aromatic heterocycles. The van der Waals surface area contributed by atoms with Crippen molar-refractivity contribution in [3.8, 4) is 11.6 Å². The number of benzene rings is 1. The molecule has 0 radical (unpaired) electrons. The van der Waals surface area contributed by atoms with Crippen molar-refractivity contribution >= 4 is 5.91 Å². The lowest BCUT2D eigenvalue weighted by Crippen LogP contribution is -2.42. The molecule has 28 heavy (non-hydrogen) atoms. The number of methoxy groups -OCH3 is 1. The van der Waals surface area contributed by atoms with Gasteiger partial charge in [-0.15, -0.1) is 0 Å². The van der Waals surface area contributed by atoms with Crippen molar-refractivity contribution in [3.63, 3.8) is 0 Å². The van der Waals surface area contributed by atoms with Crippen LogP contribution in [0.25, 0.3) is 0 Å². The van der Waals surface area contributed by atoms with E-state index >= 15 is 0 Å². The molecule has 2 aliphatic heterocycles. The summed E-state index contributed by atoms with van der Waals surface area (Å²) in [6, 6.07) is 9.87. The van der Waals surface area contributed by atoms with Crippen LogP contribution in [-0.2, 0) is 12.8 Å². The molecule has 1 aliphatic carbocycles. The summed E-state index contributed by atoms with van der Waals surface area (Å²) in [4.78, 5) is 19.8. The first-order valence-corrected chi connectivity index (χ1v) is 9.84. The van der Waals surface area contributed by atoms with Crippen molar-refractivity contribution in [2.24, 2.45) is 5.41 Å². The molecule has 6 nitrogen and oxygen atoms in total. The number of pyridine rings is 1. The molecule has 3 heterocycles. The maximum atomic E-state index is 13.4. The molecule has 6 heteroatoms. The predicted molar refractivity (Wildman–Crippen MR) is 103 cm³/mol. The van der Waals surface area contributed by atoms with Crippen LogP contribution in [0.5, 0.6) is 11.6 Å². The number of rotatable bonds is 3. The third kappa shape index (κ3) is 2.51. The fraction of sp³-hybridized carbons (Fsp3) is 0.455. The summed E-state index contributed by atoms with van der Waals surface area (Å²) in [7, 11) is 1.56. The molecule has 2 atom stereocenters. The zero-order valence-corrected chi connectivity index (χ0v) is 16.0. The minimum Gasteiger partial charge on any atom is -0.493 e. The summed E-state index contributed by atoms with van der Waals surface area (Å²) in [6.45, 7) is 1.41. The lowest BCUT2D eigenvalue weighted by atomic mass is 9.74. The normalized spacial score (nSPS) is 24.9. The summed E-state index contributed by atoms with van der Waals surface area (Å²) >= 11 is 0. The highest BCUT2D eigenvalue weighted by molar-refractivity contribution is 5.97. The van der Waals surface area contributed by atoms with Gasteiger partial charge in [-0.1, -0.05) is 18.2 Å². The Hall–Kier alpha value is -2.60. The summed E-state index contributed by atoms with van der Waals surface area (Å²) in [5.41, 5.74) is 3.30. The first-order valence-electron chi connectivity index (χ1n) is 9.84. The zero-order valence-electron chi connectivity index (χ0n) is 16.0. The number of aliphatic hydroxyl groups excluding tert-OH is 1. The van der Waals surface area contributed by atoms with Gasteiger partial charge in [0.05, 0.1) is 25.7 Å². The maximum Gasteiger partial charge on any atom is 0.259 e. The topological polar surface area (TPSA) is 71.9 Å². The zero-order chi connectivity index (χ0) is 19.3. The van der Waals surface area contributed by atoms with Gasteiger partial charge in [0.2, 0.25) is 5.88 Å². The van der Waals surface area contributed by atoms with E-state index in [0.29, 0.717) is 31.1 Å². The van der Waals surface area contributed by atoms with Crippen molar-refractivity contribution in [2.75, 3.05) is 33.4 Å². The highest BCUT2D eigenvalue weighted by Crippen LogP contribution is 2.49. The summed E-state index contributed by atoms with van der Waals surface area (Å²) in [6.07, 6.45) is 2.96. The van der Waals surface area contributed by atoms with Crippen molar-refractivity contribution < 1.29 is 19.4 Å². The molecule has 1 aromatic carbocycles. The van der Waals surface area contributed by atoms with Gasteiger partial charge in [-0.25, -0.2) is 4.98 Å². The van der Waals surface area contributed by atoms with E-state index in [-0.39, 0.29) is 18.4 Å². The fourth-order valence-electron chi connectivity index (χ4n) is 4.96. The van der Waals surface area contributed by atoms with E-state index in [1.165, 1.54) is 0 Å². The van der Waals surface area contributed by atoms with Crippen LogP contribution in [0.15, 0.2) is 30.3 Å². The average Bonchev–Trinajstić information content (AvgIpc) is 3.36. The van der Waals surface area contributed by atoms with Crippen molar-refractivity contribution in [2.45, 2.75) is 25.2 Å². The van der Waals surface area contributed by atoms with Crippen LogP contribution < -0.4 is 9.47 Å². The minimum absolute atomic E-state index is 0.0185. The number of carbonyl (C=O) groups excluding carboxylic acids is 1. The number of hydrogen-bond acceptors (Lipinski definition) is 5. The molecule has 1 amide bonds. The lowest BCUT2D eigenvalue weighted by Gasteiger charge is -2.37. The number of fused-ring (bicyclic) bond motifs is 4. The molecule has 3 aliphatic rings. The first-order chi connectivity index (χ1) is 13.6. The summed E-state index contributed by atoms with van der Waals surface area (Å²) in [5, 5.41) is 10.2. The lowest BCUT2D eigenvalue weighted by molar-refractivity contribution is 0.0439. The Balaban J connectivity index is 1.50. The van der Waals surface area contributed by atoms with E-state index in [9.17, 15) is 9.90 Å². The molecule has 0 bridgehead atoms. The molecule has 1 saturated heterocycles. The Bertz CT molecular complexity index is 944. The number of likely N-dealkylation sites (tertiary alicyclic amines) is 1. The Kier molecular flexibility index (Phi) is 4.05. The second-order valence-electron chi connectivity index (χ2n) is 8.09. The Morgan fingerprint density at radius 1 is 1.39 bits per heavy atom. The number of aromatic nitrogens is 1. The van der Waals surface area contributed by atoms with Gasteiger partial charge in [0.15, 0.2) is 0 Å². The van der Waals surface area contributed by atoms with Gasteiger partial charge in [0.25, 0.3) is 5.91 Å². The van der Waals surface area contributed by atoms with Crippen LogP contribution >= 0.6 is 0 Å². The van der Waals surface area contributed by atoms with Gasteiger partial charge in [-0.2, -0.15) is 0 Å². The van der Waals surface area contributed by atoms with Crippen molar-refractivity contribution in [1.82, 2.24) is 9.88 Å². The van der Waals surface area contributed by atoms with Crippen LogP contribution in [0, 0.1) is 5.41 Å². The molecule has 0 spiro atoms. The standard InChI is InChI=1S/C22H24N2O4/c1-27-20-16(9-14-5-4-7-18(14)23-20)21(26)24-10-17-15-6-2-3-8-19(15)28-13-22(17,11-24)12-25/h2-3,6,8-9,17,25H,4-5,7,10-13H2,1H3. The molecule has 146 valence electrons. The Labute approximate surface area is 164 Å². The smallest absolute Gasteiger partial charge is 0.259 e. The predicted octanol–water partition coefficient (Wildman–Crippen LogP) is 2.19. The number of para-hydroxylation sites is 1. The highest BCUT2D eigenvalue weighted by atomic mass is 16.5. The molecule has 2 unspecified atom stereocenters. The quantitative estimate of drug-likeness (QED) is 0.884. The van der Waals surface area contributed by atoms with Gasteiger partial charge in [-0.05, 0) is 42.5 Å². The monoisotopic (exact) mass is 380 g/mol. The molecular weight excluding hydrogens is 356 g/mol. The number of aliphatic hydroxyl groups is 1. The number of aryl methyl sites for hydroxylation is 2. The largest absolute Gasteiger partial charge is 0.493 e. The third-order valence-electron chi connectivity index (χ3n) is 6.50. The Morgan fingerprint density at radius 2 is 2.25 bits per heavy atom. The van der Waals surface area contributed by atoms with Crippen LogP contribution in [0.2, 0.25) is 0 Å². The number of carbonyl (C=O) groups is 1. The molecule has 2 aromatic rings. The van der Waals surface area contributed by atoms with Crippen LogP contribution in [0.3, 0.4) is 0 Å². The molecule has 5 rings (SSSR count). The van der Waals surface area contributed by atoms with E-state index in [2.05, 4.69) is 4.98 Å².